The van der Waals surface area contributed by atoms with E-state index in [4.69, 9.17) is 0 Å². The normalized spacial score (nSPS) is 15.2. The highest BCUT2D eigenvalue weighted by molar-refractivity contribution is 6.07. The molecule has 1 aromatic rings. The molecule has 0 spiro atoms. The molecule has 1 aromatic carbocycles. The number of amides is 2. The first-order chi connectivity index (χ1) is 10.5. The van der Waals surface area contributed by atoms with E-state index in [1.165, 1.54) is 0 Å². The summed E-state index contributed by atoms with van der Waals surface area (Å²) in [5.41, 5.74) is 0.217. The summed E-state index contributed by atoms with van der Waals surface area (Å²) in [6.07, 6.45) is 2.89. The van der Waals surface area contributed by atoms with Gasteiger partial charge in [0.2, 0.25) is 11.8 Å². The number of nitrogens with one attached hydrogen (secondary N) is 1. The van der Waals surface area contributed by atoms with Crippen molar-refractivity contribution in [3.63, 3.8) is 0 Å². The first kappa shape index (κ1) is 16.3. The molecule has 0 unspecified atom stereocenters. The molecular formula is C18H24N2O2. The van der Waals surface area contributed by atoms with Gasteiger partial charge in [-0.3, -0.25) is 9.59 Å². The monoisotopic (exact) mass is 300 g/mol. The largest absolute Gasteiger partial charge is 0.352 e. The maximum atomic E-state index is 12.9. The molecule has 0 atom stereocenters. The third kappa shape index (κ3) is 3.38. The van der Waals surface area contributed by atoms with Gasteiger partial charge in [0.05, 0.1) is 0 Å². The van der Waals surface area contributed by atoms with Gasteiger partial charge in [-0.1, -0.05) is 36.4 Å². The number of benzene rings is 1. The van der Waals surface area contributed by atoms with Gasteiger partial charge in [0.15, 0.2) is 0 Å². The highest BCUT2D eigenvalue weighted by atomic mass is 16.2. The zero-order chi connectivity index (χ0) is 16.2. The van der Waals surface area contributed by atoms with Crippen molar-refractivity contribution in [3.8, 4) is 0 Å². The van der Waals surface area contributed by atoms with E-state index in [0.29, 0.717) is 25.9 Å². The van der Waals surface area contributed by atoms with E-state index in [-0.39, 0.29) is 17.9 Å². The maximum Gasteiger partial charge on any atom is 0.238 e. The Morgan fingerprint density at radius 1 is 1.32 bits per heavy atom. The van der Waals surface area contributed by atoms with Crippen LogP contribution in [0.15, 0.2) is 43.0 Å². The van der Waals surface area contributed by atoms with E-state index < -0.39 is 5.41 Å². The number of carbonyl (C=O) groups is 2. The summed E-state index contributed by atoms with van der Waals surface area (Å²) >= 11 is 0. The minimum atomic E-state index is -0.859. The van der Waals surface area contributed by atoms with E-state index >= 15 is 0 Å². The van der Waals surface area contributed by atoms with E-state index in [1.54, 1.807) is 11.0 Å². The fraction of sp³-hybridized carbons (Fsp3) is 0.444. The van der Waals surface area contributed by atoms with E-state index in [2.05, 4.69) is 11.9 Å². The quantitative estimate of drug-likeness (QED) is 0.621. The van der Waals surface area contributed by atoms with E-state index in [0.717, 1.165) is 5.56 Å². The number of rotatable bonds is 7. The number of hydrogen-bond acceptors (Lipinski definition) is 2. The predicted octanol–water partition coefficient (Wildman–Crippen LogP) is 2.51. The van der Waals surface area contributed by atoms with Gasteiger partial charge >= 0.3 is 0 Å². The lowest BCUT2D eigenvalue weighted by Crippen LogP contribution is -2.47. The summed E-state index contributed by atoms with van der Waals surface area (Å²) in [6.45, 7) is 8.49. The van der Waals surface area contributed by atoms with Crippen LogP contribution in [0.3, 0.4) is 0 Å². The molecular weight excluding hydrogens is 276 g/mol. The molecule has 1 N–H and O–H groups in total. The van der Waals surface area contributed by atoms with Gasteiger partial charge in [0, 0.05) is 19.1 Å². The molecule has 4 heteroatoms. The second-order valence-electron chi connectivity index (χ2n) is 6.09. The molecule has 1 aliphatic rings. The second-order valence-corrected chi connectivity index (χ2v) is 6.09. The highest BCUT2D eigenvalue weighted by Crippen LogP contribution is 2.48. The van der Waals surface area contributed by atoms with Gasteiger partial charge in [-0.05, 0) is 32.3 Å². The second kappa shape index (κ2) is 6.77. The summed E-state index contributed by atoms with van der Waals surface area (Å²) in [7, 11) is 0. The first-order valence-electron chi connectivity index (χ1n) is 7.75. The maximum absolute atomic E-state index is 12.9. The third-order valence-corrected chi connectivity index (χ3v) is 4.08. The SMILES string of the molecule is C=CCNC(=O)C1(C(=O)N(Cc2ccccc2)C(C)C)CC1. The van der Waals surface area contributed by atoms with Crippen LogP contribution in [0, 0.1) is 5.41 Å². The van der Waals surface area contributed by atoms with Crippen LogP contribution in [-0.2, 0) is 16.1 Å². The topological polar surface area (TPSA) is 49.4 Å². The van der Waals surface area contributed by atoms with E-state index in [9.17, 15) is 9.59 Å². The van der Waals surface area contributed by atoms with Crippen molar-refractivity contribution in [1.82, 2.24) is 10.2 Å². The fourth-order valence-electron chi connectivity index (χ4n) is 2.54. The van der Waals surface area contributed by atoms with Crippen molar-refractivity contribution in [1.29, 1.82) is 0 Å². The van der Waals surface area contributed by atoms with Gasteiger partial charge in [-0.25, -0.2) is 0 Å². The van der Waals surface area contributed by atoms with Crippen LogP contribution in [0.25, 0.3) is 0 Å². The summed E-state index contributed by atoms with van der Waals surface area (Å²) in [6, 6.07) is 9.93. The van der Waals surface area contributed by atoms with Gasteiger partial charge in [-0.15, -0.1) is 6.58 Å². The minimum Gasteiger partial charge on any atom is -0.352 e. The summed E-state index contributed by atoms with van der Waals surface area (Å²) < 4.78 is 0. The molecule has 0 heterocycles. The summed E-state index contributed by atoms with van der Waals surface area (Å²) in [5, 5.41) is 2.77. The number of carbonyl (C=O) groups excluding carboxylic acids is 2. The zero-order valence-corrected chi connectivity index (χ0v) is 13.3. The average molecular weight is 300 g/mol. The average Bonchev–Trinajstić information content (AvgIpc) is 3.32. The Morgan fingerprint density at radius 3 is 2.45 bits per heavy atom. The number of hydrogen-bond donors (Lipinski definition) is 1. The van der Waals surface area contributed by atoms with Crippen LogP contribution < -0.4 is 5.32 Å². The molecule has 1 fully saturated rings. The standard InChI is InChI=1S/C18H24N2O2/c1-4-12-19-16(21)18(10-11-18)17(22)20(14(2)3)13-15-8-6-5-7-9-15/h4-9,14H,1,10-13H2,2-3H3,(H,19,21). The van der Waals surface area contributed by atoms with Crippen LogP contribution in [0.2, 0.25) is 0 Å². The van der Waals surface area contributed by atoms with Crippen LogP contribution in [0.4, 0.5) is 0 Å². The van der Waals surface area contributed by atoms with Crippen molar-refractivity contribution in [2.24, 2.45) is 5.41 Å². The lowest BCUT2D eigenvalue weighted by atomic mass is 10.0. The Hall–Kier alpha value is -2.10. The molecule has 0 aliphatic heterocycles. The molecule has 0 aromatic heterocycles. The Morgan fingerprint density at radius 2 is 1.95 bits per heavy atom. The Balaban J connectivity index is 2.13. The van der Waals surface area contributed by atoms with Crippen molar-refractivity contribution in [2.75, 3.05) is 6.54 Å². The van der Waals surface area contributed by atoms with Gasteiger partial charge in [-0.2, -0.15) is 0 Å². The lowest BCUT2D eigenvalue weighted by Gasteiger charge is -2.30. The molecule has 1 saturated carbocycles. The lowest BCUT2D eigenvalue weighted by molar-refractivity contribution is -0.146. The van der Waals surface area contributed by atoms with Gasteiger partial charge in [0.25, 0.3) is 0 Å². The van der Waals surface area contributed by atoms with Crippen molar-refractivity contribution in [3.05, 3.63) is 48.6 Å². The highest BCUT2D eigenvalue weighted by Gasteiger charge is 2.58. The van der Waals surface area contributed by atoms with Crippen LogP contribution in [0.5, 0.6) is 0 Å². The summed E-state index contributed by atoms with van der Waals surface area (Å²) in [4.78, 5) is 27.0. The first-order valence-corrected chi connectivity index (χ1v) is 7.75. The molecule has 118 valence electrons. The van der Waals surface area contributed by atoms with E-state index in [1.807, 2.05) is 44.2 Å². The molecule has 4 nitrogen and oxygen atoms in total. The Labute approximate surface area is 132 Å². The van der Waals surface area contributed by atoms with Gasteiger partial charge in [0.1, 0.15) is 5.41 Å². The van der Waals surface area contributed by atoms with Gasteiger partial charge < -0.3 is 10.2 Å². The third-order valence-electron chi connectivity index (χ3n) is 4.08. The smallest absolute Gasteiger partial charge is 0.238 e. The fourth-order valence-corrected chi connectivity index (χ4v) is 2.54. The molecule has 22 heavy (non-hydrogen) atoms. The van der Waals surface area contributed by atoms with Crippen LogP contribution in [0.1, 0.15) is 32.3 Å². The van der Waals surface area contributed by atoms with Crippen molar-refractivity contribution >= 4 is 11.8 Å². The zero-order valence-electron chi connectivity index (χ0n) is 13.3. The molecule has 2 rings (SSSR count). The predicted molar refractivity (Wildman–Crippen MR) is 87.0 cm³/mol. The number of nitrogens with zero attached hydrogens (tertiary/aromatic N) is 1. The molecule has 0 saturated heterocycles. The Bertz CT molecular complexity index is 547. The minimum absolute atomic E-state index is 0.0531. The molecule has 0 bridgehead atoms. The molecule has 0 radical (unpaired) electrons. The molecule has 2 amide bonds. The van der Waals surface area contributed by atoms with Crippen LogP contribution in [-0.4, -0.2) is 29.3 Å². The van der Waals surface area contributed by atoms with Crippen molar-refractivity contribution in [2.45, 2.75) is 39.3 Å². The molecule has 1 aliphatic carbocycles. The van der Waals surface area contributed by atoms with Crippen molar-refractivity contribution < 1.29 is 9.59 Å². The summed E-state index contributed by atoms with van der Waals surface area (Å²) in [5.74, 6) is -0.232. The van der Waals surface area contributed by atoms with Crippen LogP contribution >= 0.6 is 0 Å². The Kier molecular flexibility index (Phi) is 5.01.